The summed E-state index contributed by atoms with van der Waals surface area (Å²) < 4.78 is 29.1. The molecular formula is C29H46BrN7O10. The van der Waals surface area contributed by atoms with Crippen molar-refractivity contribution in [2.45, 2.75) is 105 Å². The van der Waals surface area contributed by atoms with Crippen LogP contribution in [0.3, 0.4) is 0 Å². The van der Waals surface area contributed by atoms with E-state index in [9.17, 15) is 24.0 Å². The van der Waals surface area contributed by atoms with Crippen molar-refractivity contribution in [1.82, 2.24) is 30.2 Å². The lowest BCUT2D eigenvalue weighted by Crippen LogP contribution is -2.48. The van der Waals surface area contributed by atoms with Crippen molar-refractivity contribution < 1.29 is 42.9 Å². The van der Waals surface area contributed by atoms with Gasteiger partial charge in [-0.3, -0.25) is 14.3 Å². The molecule has 0 spiro atoms. The van der Waals surface area contributed by atoms with Crippen LogP contribution in [-0.2, 0) is 40.0 Å². The third-order valence-electron chi connectivity index (χ3n) is 6.03. The minimum absolute atomic E-state index is 0.00920. The summed E-state index contributed by atoms with van der Waals surface area (Å²) in [6.45, 7) is 15.8. The third-order valence-corrected chi connectivity index (χ3v) is 6.63. The number of nitrogens with one attached hydrogen (secondary N) is 3. The Bertz CT molecular complexity index is 1420. The Morgan fingerprint density at radius 3 is 1.70 bits per heavy atom. The summed E-state index contributed by atoms with van der Waals surface area (Å²) in [5, 5.41) is 5.03. The zero-order chi connectivity index (χ0) is 35.9. The predicted octanol–water partition coefficient (Wildman–Crippen LogP) is 2.99. The summed E-state index contributed by atoms with van der Waals surface area (Å²) in [6.07, 6.45) is -2.67. The molecule has 0 saturated carbocycles. The molecule has 0 fully saturated rings. The number of halogens is 1. The minimum Gasteiger partial charge on any atom is -0.461 e. The number of esters is 2. The maximum absolute atomic E-state index is 13.1. The molecule has 0 bridgehead atoms. The van der Waals surface area contributed by atoms with Crippen LogP contribution in [0.1, 0.15) is 69.2 Å². The van der Waals surface area contributed by atoms with E-state index in [2.05, 4.69) is 41.5 Å². The molecular weight excluding hydrogens is 686 g/mol. The molecule has 0 saturated heterocycles. The Balaban J connectivity index is 2.25. The number of aromatic amines is 1. The van der Waals surface area contributed by atoms with E-state index in [1.807, 2.05) is 0 Å². The summed E-state index contributed by atoms with van der Waals surface area (Å²) in [5.41, 5.74) is 3.65. The minimum atomic E-state index is -1.07. The highest BCUT2D eigenvalue weighted by Crippen LogP contribution is 2.18. The van der Waals surface area contributed by atoms with Crippen LogP contribution in [0.2, 0.25) is 0 Å². The second kappa shape index (κ2) is 16.3. The van der Waals surface area contributed by atoms with E-state index in [0.717, 1.165) is 0 Å². The highest BCUT2D eigenvalue weighted by atomic mass is 79.9. The third kappa shape index (κ3) is 12.7. The van der Waals surface area contributed by atoms with E-state index in [1.165, 1.54) is 4.57 Å². The van der Waals surface area contributed by atoms with E-state index in [-0.39, 0.29) is 40.4 Å². The van der Waals surface area contributed by atoms with Gasteiger partial charge in [0.15, 0.2) is 15.9 Å². The molecule has 0 aliphatic carbocycles. The first kappa shape index (κ1) is 39.2. The Morgan fingerprint density at radius 1 is 0.851 bits per heavy atom. The van der Waals surface area contributed by atoms with Crippen molar-refractivity contribution in [3.05, 3.63) is 15.1 Å². The smallest absolute Gasteiger partial charge is 0.408 e. The van der Waals surface area contributed by atoms with Crippen LogP contribution in [0.15, 0.2) is 9.53 Å². The molecule has 2 atom stereocenters. The van der Waals surface area contributed by atoms with Crippen LogP contribution in [-0.4, -0.2) is 86.2 Å². The molecule has 2 aromatic rings. The highest BCUT2D eigenvalue weighted by molar-refractivity contribution is 9.10. The van der Waals surface area contributed by atoms with Gasteiger partial charge in [-0.25, -0.2) is 24.2 Å². The van der Waals surface area contributed by atoms with Crippen LogP contribution >= 0.6 is 15.9 Å². The normalized spacial score (nSPS) is 13.4. The molecule has 18 heteroatoms. The first-order valence-corrected chi connectivity index (χ1v) is 15.7. The fourth-order valence-electron chi connectivity index (χ4n) is 3.83. The van der Waals surface area contributed by atoms with E-state index < -0.39 is 72.3 Å². The topological polar surface area (TPSA) is 228 Å². The van der Waals surface area contributed by atoms with Crippen molar-refractivity contribution in [3.63, 3.8) is 0 Å². The first-order chi connectivity index (χ1) is 21.6. The number of nitrogen functional groups attached to an aromatic ring is 1. The van der Waals surface area contributed by atoms with Crippen molar-refractivity contribution in [3.8, 4) is 0 Å². The number of nitrogens with two attached hydrogens (primary N) is 1. The van der Waals surface area contributed by atoms with Crippen molar-refractivity contribution in [2.75, 3.05) is 18.9 Å². The van der Waals surface area contributed by atoms with Crippen molar-refractivity contribution in [1.29, 1.82) is 0 Å². The van der Waals surface area contributed by atoms with Crippen molar-refractivity contribution in [2.24, 2.45) is 11.8 Å². The number of rotatable bonds is 13. The van der Waals surface area contributed by atoms with Gasteiger partial charge in [0.25, 0.3) is 5.56 Å². The number of carbonyl (C=O) groups is 4. The number of imidazole rings is 1. The van der Waals surface area contributed by atoms with Crippen LogP contribution in [0.25, 0.3) is 11.2 Å². The number of hydrogen-bond donors (Lipinski definition) is 4. The molecule has 0 radical (unpaired) electrons. The number of H-pyrrole nitrogens is 1. The summed E-state index contributed by atoms with van der Waals surface area (Å²) in [6, 6.07) is -2.14. The quantitative estimate of drug-likeness (QED) is 0.132. The molecule has 0 unspecified atom stereocenters. The van der Waals surface area contributed by atoms with E-state index in [1.54, 1.807) is 69.2 Å². The molecule has 0 aliphatic rings. The Kier molecular flexibility index (Phi) is 13.6. The average Bonchev–Trinajstić information content (AvgIpc) is 3.22. The largest absolute Gasteiger partial charge is 0.461 e. The monoisotopic (exact) mass is 731 g/mol. The first-order valence-electron chi connectivity index (χ1n) is 14.9. The fraction of sp³-hybridized carbons (Fsp3) is 0.690. The van der Waals surface area contributed by atoms with Gasteiger partial charge in [-0.15, -0.1) is 0 Å². The van der Waals surface area contributed by atoms with Gasteiger partial charge in [0.2, 0.25) is 5.95 Å². The van der Waals surface area contributed by atoms with E-state index in [4.69, 9.17) is 29.4 Å². The Morgan fingerprint density at radius 2 is 1.30 bits per heavy atom. The van der Waals surface area contributed by atoms with E-state index in [0.29, 0.717) is 0 Å². The lowest BCUT2D eigenvalue weighted by molar-refractivity contribution is -0.161. The number of fused-ring (bicyclic) bond motifs is 1. The number of carbonyl (C=O) groups excluding carboxylic acids is 4. The SMILES string of the molecule is CC(C)[C@H](NC(=O)OC(C)(C)C)C(=O)OCC(COC(=O)[C@@H](NC(=O)OC(C)(C)C)C(C)C)OCn1c(Br)nc2c(=O)[nH]c(N)nc21. The summed E-state index contributed by atoms with van der Waals surface area (Å²) >= 11 is 3.26. The molecule has 2 aromatic heterocycles. The summed E-state index contributed by atoms with van der Waals surface area (Å²) in [4.78, 5) is 73.8. The molecule has 0 aromatic carbocycles. The lowest BCUT2D eigenvalue weighted by Gasteiger charge is -2.26. The van der Waals surface area contributed by atoms with Gasteiger partial charge in [-0.05, 0) is 69.3 Å². The molecule has 5 N–H and O–H groups in total. The zero-order valence-electron chi connectivity index (χ0n) is 28.4. The van der Waals surface area contributed by atoms with Gasteiger partial charge in [-0.2, -0.15) is 4.98 Å². The second-order valence-corrected chi connectivity index (χ2v) is 14.1. The van der Waals surface area contributed by atoms with Crippen LogP contribution in [0.5, 0.6) is 0 Å². The number of ether oxygens (including phenoxy) is 5. The molecule has 2 heterocycles. The Hall–Kier alpha value is -3.93. The van der Waals surface area contributed by atoms with Gasteiger partial charge in [0.1, 0.15) is 49.3 Å². The van der Waals surface area contributed by atoms with Crippen LogP contribution < -0.4 is 21.9 Å². The van der Waals surface area contributed by atoms with Crippen LogP contribution in [0, 0.1) is 11.8 Å². The summed E-state index contributed by atoms with van der Waals surface area (Å²) in [7, 11) is 0. The van der Waals surface area contributed by atoms with Gasteiger partial charge in [0, 0.05) is 0 Å². The number of anilines is 1. The zero-order valence-corrected chi connectivity index (χ0v) is 30.0. The molecule has 47 heavy (non-hydrogen) atoms. The maximum atomic E-state index is 13.1. The highest BCUT2D eigenvalue weighted by Gasteiger charge is 2.31. The van der Waals surface area contributed by atoms with E-state index >= 15 is 0 Å². The molecule has 0 aliphatic heterocycles. The number of nitrogens with zero attached hydrogens (tertiary/aromatic N) is 3. The second-order valence-electron chi connectivity index (χ2n) is 13.3. The summed E-state index contributed by atoms with van der Waals surface area (Å²) in [5.74, 6) is -2.47. The van der Waals surface area contributed by atoms with Gasteiger partial charge >= 0.3 is 24.1 Å². The molecule has 264 valence electrons. The number of amides is 2. The fourth-order valence-corrected chi connectivity index (χ4v) is 4.28. The molecule has 2 rings (SSSR count). The predicted molar refractivity (Wildman–Crippen MR) is 173 cm³/mol. The van der Waals surface area contributed by atoms with Gasteiger partial charge in [0.05, 0.1) is 0 Å². The molecule has 2 amide bonds. The molecule has 17 nitrogen and oxygen atoms in total. The standard InChI is InChI=1S/C29H46BrN7O10/c1-14(2)17(33-26(41)46-28(5,6)7)22(39)43-11-16(12-44-23(40)18(15(3)4)34-27(42)47-29(8,9)10)45-13-37-20-19(32-24(37)30)21(38)36-25(31)35-20/h14-18H,11-13H2,1-10H3,(H,33,41)(H,34,42)(H3,31,35,36,38)/t17-,18-/m0/s1. The number of alkyl carbamates (subject to hydrolysis) is 2. The van der Waals surface area contributed by atoms with Crippen molar-refractivity contribution >= 4 is 57.2 Å². The average molecular weight is 733 g/mol. The van der Waals surface area contributed by atoms with Gasteiger partial charge < -0.3 is 40.1 Å². The number of aromatic nitrogens is 4. The van der Waals surface area contributed by atoms with Crippen LogP contribution in [0.4, 0.5) is 15.5 Å². The maximum Gasteiger partial charge on any atom is 0.408 e. The van der Waals surface area contributed by atoms with Gasteiger partial charge in [-0.1, -0.05) is 27.7 Å². The number of hydrogen-bond acceptors (Lipinski definition) is 13. The lowest BCUT2D eigenvalue weighted by atomic mass is 10.1. The Labute approximate surface area is 281 Å².